The van der Waals surface area contributed by atoms with Crippen molar-refractivity contribution in [1.82, 2.24) is 0 Å². The lowest BCUT2D eigenvalue weighted by Crippen LogP contribution is -2.13. The van der Waals surface area contributed by atoms with Crippen LogP contribution < -0.4 is 0 Å². The van der Waals surface area contributed by atoms with Gasteiger partial charge in [-0.1, -0.05) is 56.2 Å². The van der Waals surface area contributed by atoms with Crippen LogP contribution >= 0.6 is 0 Å². The van der Waals surface area contributed by atoms with E-state index in [1.807, 2.05) is 0 Å². The van der Waals surface area contributed by atoms with Gasteiger partial charge in [0.1, 0.15) is 11.6 Å². The molecule has 4 aromatic carbocycles. The molecule has 1 aliphatic rings. The van der Waals surface area contributed by atoms with Gasteiger partial charge in [0, 0.05) is 11.1 Å². The molecule has 0 atom stereocenters. The first kappa shape index (κ1) is 27.9. The van der Waals surface area contributed by atoms with Crippen LogP contribution in [0.4, 0.5) is 30.7 Å². The molecule has 0 radical (unpaired) electrons. The molecule has 1 aliphatic carbocycles. The molecule has 0 heterocycles. The number of rotatable bonds is 6. The fourth-order valence-electron chi connectivity index (χ4n) is 5.54. The van der Waals surface area contributed by atoms with Gasteiger partial charge >= 0.3 is 0 Å². The first-order valence-corrected chi connectivity index (χ1v) is 13.3. The second-order valence-electron chi connectivity index (χ2n) is 10.7. The Hall–Kier alpha value is -3.61. The molecular weight excluding hydrogens is 529 g/mol. The van der Waals surface area contributed by atoms with Crippen LogP contribution in [0, 0.1) is 46.6 Å². The molecule has 0 N–H and O–H groups in total. The molecule has 5 rings (SSSR count). The monoisotopic (exact) mass is 556 g/mol. The molecule has 0 unspecified atom stereocenters. The fourth-order valence-corrected chi connectivity index (χ4v) is 5.54. The average molecular weight is 557 g/mol. The molecule has 40 heavy (non-hydrogen) atoms. The smallest absolute Gasteiger partial charge is 0.194 e. The van der Waals surface area contributed by atoms with Crippen molar-refractivity contribution in [2.45, 2.75) is 51.4 Å². The predicted molar refractivity (Wildman–Crippen MR) is 141 cm³/mol. The Morgan fingerprint density at radius 1 is 0.550 bits per heavy atom. The number of hydrogen-bond donors (Lipinski definition) is 0. The summed E-state index contributed by atoms with van der Waals surface area (Å²) < 4.78 is 100.0. The standard InChI is InChI=1S/C33H27F7/c1-18-2-6-20(7-3-18)26-13-9-21(31(38)32(26)39)8-4-19-5-11-24(27(34)14-19)22-10-12-25(28(35)15-22)23-16-29(36)33(40)30(37)17-23/h5,9-18,20H,2-4,6-8H2,1H3. The zero-order valence-electron chi connectivity index (χ0n) is 21.8. The lowest BCUT2D eigenvalue weighted by atomic mass is 9.79. The van der Waals surface area contributed by atoms with Crippen LogP contribution in [0.5, 0.6) is 0 Å². The number of hydrogen-bond acceptors (Lipinski definition) is 0. The summed E-state index contributed by atoms with van der Waals surface area (Å²) in [6.45, 7) is 2.17. The van der Waals surface area contributed by atoms with E-state index in [-0.39, 0.29) is 46.6 Å². The number of halogens is 7. The maximum Gasteiger partial charge on any atom is 0.194 e. The summed E-state index contributed by atoms with van der Waals surface area (Å²) >= 11 is 0. The topological polar surface area (TPSA) is 0 Å². The van der Waals surface area contributed by atoms with Gasteiger partial charge in [-0.15, -0.1) is 0 Å². The van der Waals surface area contributed by atoms with Crippen LogP contribution in [0.15, 0.2) is 60.7 Å². The first-order chi connectivity index (χ1) is 19.1. The van der Waals surface area contributed by atoms with Gasteiger partial charge in [-0.2, -0.15) is 0 Å². The molecule has 0 amide bonds. The SMILES string of the molecule is CC1CCC(c2ccc(CCc3ccc(-c4ccc(-c5cc(F)c(F)c(F)c5)c(F)c4)c(F)c3)c(F)c2F)CC1. The zero-order chi connectivity index (χ0) is 28.6. The van der Waals surface area contributed by atoms with E-state index in [2.05, 4.69) is 6.92 Å². The van der Waals surface area contributed by atoms with Gasteiger partial charge in [0.2, 0.25) is 0 Å². The van der Waals surface area contributed by atoms with Gasteiger partial charge in [0.15, 0.2) is 29.1 Å². The summed E-state index contributed by atoms with van der Waals surface area (Å²) in [7, 11) is 0. The molecule has 208 valence electrons. The Balaban J connectivity index is 1.30. The predicted octanol–water partition coefficient (Wildman–Crippen LogP) is 10.1. The Labute approximate surface area is 228 Å². The summed E-state index contributed by atoms with van der Waals surface area (Å²) in [6, 6.07) is 12.7. The Morgan fingerprint density at radius 3 is 1.80 bits per heavy atom. The van der Waals surface area contributed by atoms with Crippen LogP contribution in [0.1, 0.15) is 55.2 Å². The van der Waals surface area contributed by atoms with Crippen molar-refractivity contribution in [2.24, 2.45) is 5.92 Å². The van der Waals surface area contributed by atoms with E-state index in [9.17, 15) is 30.7 Å². The summed E-state index contributed by atoms with van der Waals surface area (Å²) in [5, 5.41) is 0. The zero-order valence-corrected chi connectivity index (χ0v) is 21.8. The van der Waals surface area contributed by atoms with E-state index in [4.69, 9.17) is 0 Å². The minimum absolute atomic E-state index is 0.0262. The van der Waals surface area contributed by atoms with Crippen LogP contribution in [0.2, 0.25) is 0 Å². The van der Waals surface area contributed by atoms with Crippen molar-refractivity contribution in [3.8, 4) is 22.3 Å². The van der Waals surface area contributed by atoms with Crippen LogP contribution in [0.3, 0.4) is 0 Å². The van der Waals surface area contributed by atoms with Gasteiger partial charge in [-0.05, 0) is 89.6 Å². The number of benzene rings is 4. The van der Waals surface area contributed by atoms with E-state index in [1.54, 1.807) is 18.2 Å². The normalized spacial score (nSPS) is 17.3. The Morgan fingerprint density at radius 2 is 1.15 bits per heavy atom. The molecule has 4 aromatic rings. The molecule has 0 nitrogen and oxygen atoms in total. The van der Waals surface area contributed by atoms with E-state index >= 15 is 0 Å². The van der Waals surface area contributed by atoms with Crippen molar-refractivity contribution in [3.63, 3.8) is 0 Å². The number of aryl methyl sites for hydroxylation is 2. The van der Waals surface area contributed by atoms with Crippen molar-refractivity contribution < 1.29 is 30.7 Å². The third-order valence-electron chi connectivity index (χ3n) is 7.94. The lowest BCUT2D eigenvalue weighted by molar-refractivity contribution is 0.339. The van der Waals surface area contributed by atoms with Crippen LogP contribution in [-0.4, -0.2) is 0 Å². The Bertz CT molecular complexity index is 1530. The molecule has 0 aromatic heterocycles. The quantitative estimate of drug-likeness (QED) is 0.164. The molecule has 1 saturated carbocycles. The van der Waals surface area contributed by atoms with Gasteiger partial charge in [-0.25, -0.2) is 30.7 Å². The Kier molecular flexibility index (Phi) is 8.02. The van der Waals surface area contributed by atoms with E-state index in [0.29, 0.717) is 29.2 Å². The summed E-state index contributed by atoms with van der Waals surface area (Å²) in [5.74, 6) is -7.07. The highest BCUT2D eigenvalue weighted by atomic mass is 19.2. The highest BCUT2D eigenvalue weighted by Crippen LogP contribution is 2.38. The minimum atomic E-state index is -1.65. The summed E-state index contributed by atoms with van der Waals surface area (Å²) in [4.78, 5) is 0. The van der Waals surface area contributed by atoms with Gasteiger partial charge in [0.05, 0.1) is 0 Å². The molecule has 1 fully saturated rings. The van der Waals surface area contributed by atoms with Crippen molar-refractivity contribution in [1.29, 1.82) is 0 Å². The van der Waals surface area contributed by atoms with Crippen molar-refractivity contribution in [3.05, 3.63) is 118 Å². The molecule has 0 saturated heterocycles. The second kappa shape index (κ2) is 11.5. The molecular formula is C33H27F7. The van der Waals surface area contributed by atoms with Crippen molar-refractivity contribution in [2.75, 3.05) is 0 Å². The van der Waals surface area contributed by atoms with Gasteiger partial charge in [0.25, 0.3) is 0 Å². The summed E-state index contributed by atoms with van der Waals surface area (Å²) in [5.41, 5.74) is 1.12. The average Bonchev–Trinajstić information content (AvgIpc) is 2.93. The van der Waals surface area contributed by atoms with Crippen molar-refractivity contribution >= 4 is 0 Å². The van der Waals surface area contributed by atoms with E-state index in [1.165, 1.54) is 24.3 Å². The fraction of sp³-hybridized carbons (Fsp3) is 0.273. The van der Waals surface area contributed by atoms with E-state index in [0.717, 1.165) is 31.7 Å². The highest BCUT2D eigenvalue weighted by Gasteiger charge is 2.25. The molecule has 0 spiro atoms. The van der Waals surface area contributed by atoms with Crippen LogP contribution in [0.25, 0.3) is 22.3 Å². The van der Waals surface area contributed by atoms with Gasteiger partial charge in [-0.3, -0.25) is 0 Å². The highest BCUT2D eigenvalue weighted by molar-refractivity contribution is 5.71. The second-order valence-corrected chi connectivity index (χ2v) is 10.7. The third-order valence-corrected chi connectivity index (χ3v) is 7.94. The molecule has 0 aliphatic heterocycles. The summed E-state index contributed by atoms with van der Waals surface area (Å²) in [6.07, 6.45) is 4.14. The van der Waals surface area contributed by atoms with E-state index < -0.39 is 40.7 Å². The molecule has 0 bridgehead atoms. The largest absolute Gasteiger partial charge is 0.206 e. The third kappa shape index (κ3) is 5.65. The first-order valence-electron chi connectivity index (χ1n) is 13.3. The molecule has 7 heteroatoms. The maximum atomic E-state index is 15.0. The maximum absolute atomic E-state index is 15.0. The van der Waals surface area contributed by atoms with Gasteiger partial charge < -0.3 is 0 Å². The minimum Gasteiger partial charge on any atom is -0.206 e. The van der Waals surface area contributed by atoms with Crippen LogP contribution in [-0.2, 0) is 12.8 Å². The lowest BCUT2D eigenvalue weighted by Gasteiger charge is -2.27.